The minimum absolute atomic E-state index is 0.148. The normalized spacial score (nSPS) is 15.4. The second-order valence-electron chi connectivity index (χ2n) is 7.82. The largest absolute Gasteiger partial charge is 0.486 e. The van der Waals surface area contributed by atoms with E-state index in [1.54, 1.807) is 18.2 Å². The van der Waals surface area contributed by atoms with Crippen molar-refractivity contribution in [3.63, 3.8) is 0 Å². The maximum absolute atomic E-state index is 13.5. The lowest BCUT2D eigenvalue weighted by atomic mass is 10.0. The van der Waals surface area contributed by atoms with E-state index in [2.05, 4.69) is 12.2 Å². The molecule has 1 N–H and O–H groups in total. The minimum atomic E-state index is -0.428. The quantitative estimate of drug-likeness (QED) is 0.432. The first-order valence-electron chi connectivity index (χ1n) is 11.2. The fraction of sp³-hybridized carbons (Fsp3) is 0.360. The van der Waals surface area contributed by atoms with Gasteiger partial charge in [0.1, 0.15) is 24.7 Å². The number of hydrogen-bond acceptors (Lipinski definition) is 6. The maximum Gasteiger partial charge on any atom is 0.278 e. The molecule has 2 aliphatic rings. The third-order valence-electron chi connectivity index (χ3n) is 5.43. The number of halogens is 1. The molecule has 0 fully saturated rings. The number of amides is 2. The number of benzene rings is 2. The Hall–Kier alpha value is -3.39. The lowest BCUT2D eigenvalue weighted by Crippen LogP contribution is -2.34. The van der Waals surface area contributed by atoms with Crippen LogP contribution in [0, 0.1) is 5.82 Å². The highest BCUT2D eigenvalue weighted by atomic mass is 19.1. The van der Waals surface area contributed by atoms with Crippen LogP contribution in [0.5, 0.6) is 11.5 Å². The Kier molecular flexibility index (Phi) is 7.24. The van der Waals surface area contributed by atoms with Crippen molar-refractivity contribution < 1.29 is 28.2 Å². The van der Waals surface area contributed by atoms with Crippen molar-refractivity contribution in [2.45, 2.75) is 26.2 Å². The molecule has 0 atom stereocenters. The predicted octanol–water partition coefficient (Wildman–Crippen LogP) is 4.00. The van der Waals surface area contributed by atoms with Gasteiger partial charge in [0.15, 0.2) is 11.5 Å². The van der Waals surface area contributed by atoms with Gasteiger partial charge in [-0.3, -0.25) is 14.5 Å². The Labute approximate surface area is 192 Å². The molecule has 0 bridgehead atoms. The SMILES string of the molecule is CCCCOCCCN1C(=O)C(Nc2ccc3c(c2)OCCO3)=C(c2ccc(F)cc2)C1=O. The lowest BCUT2D eigenvalue weighted by molar-refractivity contribution is -0.137. The van der Waals surface area contributed by atoms with Crippen molar-refractivity contribution in [3.8, 4) is 11.5 Å². The molecule has 2 aromatic rings. The van der Waals surface area contributed by atoms with E-state index < -0.39 is 17.6 Å². The van der Waals surface area contributed by atoms with E-state index in [9.17, 15) is 14.0 Å². The number of anilines is 1. The zero-order chi connectivity index (χ0) is 23.2. The number of imide groups is 1. The highest BCUT2D eigenvalue weighted by Crippen LogP contribution is 2.35. The zero-order valence-corrected chi connectivity index (χ0v) is 18.6. The first-order chi connectivity index (χ1) is 16.1. The fourth-order valence-corrected chi connectivity index (χ4v) is 3.72. The highest BCUT2D eigenvalue weighted by molar-refractivity contribution is 6.36. The van der Waals surface area contributed by atoms with Crippen LogP contribution < -0.4 is 14.8 Å². The number of fused-ring (bicyclic) bond motifs is 1. The Morgan fingerprint density at radius 1 is 0.970 bits per heavy atom. The molecule has 0 radical (unpaired) electrons. The Morgan fingerprint density at radius 3 is 2.45 bits per heavy atom. The summed E-state index contributed by atoms with van der Waals surface area (Å²) in [6, 6.07) is 10.8. The summed E-state index contributed by atoms with van der Waals surface area (Å²) in [4.78, 5) is 27.7. The van der Waals surface area contributed by atoms with E-state index in [-0.39, 0.29) is 17.8 Å². The molecule has 33 heavy (non-hydrogen) atoms. The lowest BCUT2D eigenvalue weighted by Gasteiger charge is -2.19. The molecule has 0 aliphatic carbocycles. The Morgan fingerprint density at radius 2 is 1.70 bits per heavy atom. The van der Waals surface area contributed by atoms with E-state index in [4.69, 9.17) is 14.2 Å². The van der Waals surface area contributed by atoms with Crippen LogP contribution >= 0.6 is 0 Å². The van der Waals surface area contributed by atoms with Crippen molar-refractivity contribution in [2.75, 3.05) is 38.3 Å². The van der Waals surface area contributed by atoms with Crippen LogP contribution in [-0.2, 0) is 14.3 Å². The summed E-state index contributed by atoms with van der Waals surface area (Å²) in [5.74, 6) is -0.0763. The van der Waals surface area contributed by atoms with Gasteiger partial charge in [0.2, 0.25) is 0 Å². The van der Waals surface area contributed by atoms with Crippen LogP contribution in [0.15, 0.2) is 48.2 Å². The van der Waals surface area contributed by atoms with Gasteiger partial charge in [-0.15, -0.1) is 0 Å². The van der Waals surface area contributed by atoms with Gasteiger partial charge in [0.05, 0.1) is 5.57 Å². The summed E-state index contributed by atoms with van der Waals surface area (Å²) in [5.41, 5.74) is 1.41. The summed E-state index contributed by atoms with van der Waals surface area (Å²) in [7, 11) is 0. The van der Waals surface area contributed by atoms with Gasteiger partial charge in [0.25, 0.3) is 11.8 Å². The molecule has 2 heterocycles. The molecule has 2 amide bonds. The van der Waals surface area contributed by atoms with Crippen molar-refractivity contribution in [1.29, 1.82) is 0 Å². The standard InChI is InChI=1S/C25H27FN2O5/c1-2-3-12-31-13-4-11-28-24(29)22(17-5-7-18(26)8-6-17)23(25(28)30)27-19-9-10-20-21(16-19)33-15-14-32-20/h5-10,16,27H,2-4,11-15H2,1H3. The molecule has 0 aromatic heterocycles. The molecule has 174 valence electrons. The molecule has 4 rings (SSSR count). The molecule has 2 aromatic carbocycles. The molecular formula is C25H27FN2O5. The van der Waals surface area contributed by atoms with Crippen LogP contribution in [0.4, 0.5) is 10.1 Å². The second-order valence-corrected chi connectivity index (χ2v) is 7.82. The van der Waals surface area contributed by atoms with Crippen LogP contribution in [0.2, 0.25) is 0 Å². The number of carbonyl (C=O) groups is 2. The van der Waals surface area contributed by atoms with E-state index in [0.29, 0.717) is 55.6 Å². The van der Waals surface area contributed by atoms with Gasteiger partial charge in [-0.2, -0.15) is 0 Å². The maximum atomic E-state index is 13.5. The van der Waals surface area contributed by atoms with E-state index in [0.717, 1.165) is 12.8 Å². The van der Waals surface area contributed by atoms with Crippen LogP contribution in [0.3, 0.4) is 0 Å². The van der Waals surface area contributed by atoms with Gasteiger partial charge >= 0.3 is 0 Å². The number of carbonyl (C=O) groups excluding carboxylic acids is 2. The number of nitrogens with one attached hydrogen (secondary N) is 1. The third kappa shape index (κ3) is 5.17. The number of nitrogens with zero attached hydrogens (tertiary/aromatic N) is 1. The molecule has 0 saturated carbocycles. The molecular weight excluding hydrogens is 427 g/mol. The fourth-order valence-electron chi connectivity index (χ4n) is 3.72. The predicted molar refractivity (Wildman–Crippen MR) is 121 cm³/mol. The monoisotopic (exact) mass is 454 g/mol. The van der Waals surface area contributed by atoms with E-state index in [1.807, 2.05) is 0 Å². The summed E-state index contributed by atoms with van der Waals surface area (Å²) < 4.78 is 30.2. The summed E-state index contributed by atoms with van der Waals surface area (Å²) in [6.45, 7) is 4.36. The van der Waals surface area contributed by atoms with Gasteiger partial charge in [-0.1, -0.05) is 25.5 Å². The first-order valence-corrected chi connectivity index (χ1v) is 11.2. The van der Waals surface area contributed by atoms with Crippen molar-refractivity contribution in [1.82, 2.24) is 4.90 Å². The number of ether oxygens (including phenoxy) is 3. The van der Waals surface area contributed by atoms with Crippen molar-refractivity contribution >= 4 is 23.1 Å². The second kappa shape index (κ2) is 10.5. The van der Waals surface area contributed by atoms with Gasteiger partial charge in [-0.05, 0) is 42.7 Å². The molecule has 0 unspecified atom stereocenters. The first kappa shape index (κ1) is 22.8. The van der Waals surface area contributed by atoms with E-state index in [1.165, 1.54) is 29.2 Å². The molecule has 7 nitrogen and oxygen atoms in total. The van der Waals surface area contributed by atoms with Crippen molar-refractivity contribution in [2.24, 2.45) is 0 Å². The average molecular weight is 454 g/mol. The zero-order valence-electron chi connectivity index (χ0n) is 18.6. The molecule has 0 spiro atoms. The summed E-state index contributed by atoms with van der Waals surface area (Å²) in [6.07, 6.45) is 2.56. The van der Waals surface area contributed by atoms with Crippen LogP contribution in [-0.4, -0.2) is 49.7 Å². The molecule has 8 heteroatoms. The third-order valence-corrected chi connectivity index (χ3v) is 5.43. The number of rotatable bonds is 10. The topological polar surface area (TPSA) is 77.1 Å². The smallest absolute Gasteiger partial charge is 0.278 e. The minimum Gasteiger partial charge on any atom is -0.486 e. The van der Waals surface area contributed by atoms with Crippen molar-refractivity contribution in [3.05, 3.63) is 59.5 Å². The Balaban J connectivity index is 1.56. The highest BCUT2D eigenvalue weighted by Gasteiger charge is 2.39. The summed E-state index contributed by atoms with van der Waals surface area (Å²) in [5, 5.41) is 3.09. The van der Waals surface area contributed by atoms with E-state index >= 15 is 0 Å². The van der Waals surface area contributed by atoms with Gasteiger partial charge in [-0.25, -0.2) is 4.39 Å². The number of hydrogen-bond donors (Lipinski definition) is 1. The van der Waals surface area contributed by atoms with Gasteiger partial charge < -0.3 is 19.5 Å². The van der Waals surface area contributed by atoms with Crippen LogP contribution in [0.1, 0.15) is 31.7 Å². The molecule has 0 saturated heterocycles. The molecule has 2 aliphatic heterocycles. The number of unbranched alkanes of at least 4 members (excludes halogenated alkanes) is 1. The average Bonchev–Trinajstić information content (AvgIpc) is 3.06. The summed E-state index contributed by atoms with van der Waals surface area (Å²) >= 11 is 0. The van der Waals surface area contributed by atoms with Gasteiger partial charge in [0, 0.05) is 31.5 Å². The van der Waals surface area contributed by atoms with Crippen LogP contribution in [0.25, 0.3) is 5.57 Å². The Bertz CT molecular complexity index is 1050.